The van der Waals surface area contributed by atoms with Crippen LogP contribution in [0, 0.1) is 23.1 Å². The summed E-state index contributed by atoms with van der Waals surface area (Å²) in [5.41, 5.74) is 0.0744. The molecule has 2 N–H and O–H groups in total. The highest BCUT2D eigenvalue weighted by Gasteiger charge is 2.22. The lowest BCUT2D eigenvalue weighted by atomic mass is 10.0. The molecule has 4 nitrogen and oxygen atoms in total. The fourth-order valence-electron chi connectivity index (χ4n) is 2.48. The lowest BCUT2D eigenvalue weighted by Crippen LogP contribution is -2.11. The summed E-state index contributed by atoms with van der Waals surface area (Å²) < 4.78 is 13.7. The Morgan fingerprint density at radius 2 is 2.20 bits per heavy atom. The van der Waals surface area contributed by atoms with E-state index in [4.69, 9.17) is 5.26 Å². The average Bonchev–Trinajstić information content (AvgIpc) is 3.22. The van der Waals surface area contributed by atoms with Crippen LogP contribution < -0.4 is 5.56 Å². The van der Waals surface area contributed by atoms with Gasteiger partial charge in [0.15, 0.2) is 5.56 Å². The van der Waals surface area contributed by atoms with Gasteiger partial charge in [-0.05, 0) is 36.5 Å². The number of fused-ring (bicyclic) bond motifs is 1. The molecule has 1 fully saturated rings. The van der Waals surface area contributed by atoms with Crippen molar-refractivity contribution < 1.29 is 9.50 Å². The Hall–Kier alpha value is -2.35. The molecular weight excluding hydrogens is 259 g/mol. The first-order valence-electron chi connectivity index (χ1n) is 6.57. The molecule has 3 rings (SSSR count). The van der Waals surface area contributed by atoms with Crippen LogP contribution in [-0.2, 0) is 6.42 Å². The van der Waals surface area contributed by atoms with E-state index >= 15 is 0 Å². The maximum absolute atomic E-state index is 13.7. The first-order valence-corrected chi connectivity index (χ1v) is 6.57. The van der Waals surface area contributed by atoms with Crippen LogP contribution in [-0.4, -0.2) is 10.1 Å². The first-order chi connectivity index (χ1) is 9.60. The smallest absolute Gasteiger partial charge is 0.270 e. The first kappa shape index (κ1) is 12.7. The number of pyridine rings is 1. The van der Waals surface area contributed by atoms with E-state index < -0.39 is 17.1 Å². The summed E-state index contributed by atoms with van der Waals surface area (Å²) in [7, 11) is 0. The molecule has 0 aliphatic heterocycles. The number of benzene rings is 1. The number of rotatable bonds is 3. The highest BCUT2D eigenvalue weighted by atomic mass is 19.1. The number of nitrogens with one attached hydrogen (secondary N) is 1. The Kier molecular flexibility index (Phi) is 2.94. The predicted octanol–water partition coefficient (Wildman–Crippen LogP) is 2.59. The van der Waals surface area contributed by atoms with Gasteiger partial charge in [0, 0.05) is 5.39 Å². The third-order valence-electron chi connectivity index (χ3n) is 3.77. The van der Waals surface area contributed by atoms with E-state index in [-0.39, 0.29) is 10.9 Å². The fourth-order valence-corrected chi connectivity index (χ4v) is 2.48. The minimum atomic E-state index is -0.642. The number of nitriles is 1. The van der Waals surface area contributed by atoms with E-state index in [0.29, 0.717) is 23.4 Å². The summed E-state index contributed by atoms with van der Waals surface area (Å²) in [5, 5.41) is 19.0. The summed E-state index contributed by atoms with van der Waals surface area (Å²) in [5.74, 6) is -0.236. The van der Waals surface area contributed by atoms with Gasteiger partial charge in [0.1, 0.15) is 17.6 Å². The second-order valence-electron chi connectivity index (χ2n) is 5.26. The number of nitrogens with zero attached hydrogens (tertiary/aromatic N) is 1. The lowest BCUT2D eigenvalue weighted by molar-refractivity contribution is 0.478. The van der Waals surface area contributed by atoms with Crippen molar-refractivity contribution in [2.45, 2.75) is 25.7 Å². The van der Waals surface area contributed by atoms with Crippen molar-refractivity contribution in [2.75, 3.05) is 0 Å². The molecule has 1 aromatic heterocycles. The number of halogens is 1. The zero-order valence-electron chi connectivity index (χ0n) is 10.7. The Labute approximate surface area is 114 Å². The van der Waals surface area contributed by atoms with E-state index in [0.717, 1.165) is 12.5 Å². The topological polar surface area (TPSA) is 76.9 Å². The number of hydrogen-bond donors (Lipinski definition) is 2. The van der Waals surface area contributed by atoms with Gasteiger partial charge in [-0.25, -0.2) is 4.39 Å². The highest BCUT2D eigenvalue weighted by molar-refractivity contribution is 5.89. The van der Waals surface area contributed by atoms with Crippen LogP contribution in [0.2, 0.25) is 0 Å². The monoisotopic (exact) mass is 272 g/mol. The molecule has 0 radical (unpaired) electrons. The fraction of sp³-hybridized carbons (Fsp3) is 0.333. The van der Waals surface area contributed by atoms with Crippen LogP contribution in [0.25, 0.3) is 10.9 Å². The molecule has 0 spiro atoms. The largest absolute Gasteiger partial charge is 0.506 e. The van der Waals surface area contributed by atoms with E-state index in [1.165, 1.54) is 18.9 Å². The summed E-state index contributed by atoms with van der Waals surface area (Å²) >= 11 is 0. The molecule has 0 unspecified atom stereocenters. The minimum Gasteiger partial charge on any atom is -0.506 e. The molecule has 0 amide bonds. The van der Waals surface area contributed by atoms with Gasteiger partial charge in [-0.15, -0.1) is 0 Å². The van der Waals surface area contributed by atoms with Crippen LogP contribution in [0.5, 0.6) is 5.75 Å². The quantitative estimate of drug-likeness (QED) is 0.901. The molecule has 1 aliphatic rings. The van der Waals surface area contributed by atoms with E-state index in [2.05, 4.69) is 4.98 Å². The molecule has 1 saturated carbocycles. The Morgan fingerprint density at radius 3 is 2.85 bits per heavy atom. The third-order valence-corrected chi connectivity index (χ3v) is 3.77. The van der Waals surface area contributed by atoms with Crippen LogP contribution >= 0.6 is 0 Å². The molecule has 1 aromatic carbocycles. The standard InChI is InChI=1S/C15H13FN2O2/c16-10-5-9(4-3-8-1-2-8)13-11(6-10)14(19)12(7-17)15(20)18-13/h5-6,8H,1-4H2,(H2,18,19,20). The molecule has 1 heterocycles. The van der Waals surface area contributed by atoms with Crippen LogP contribution in [0.1, 0.15) is 30.4 Å². The van der Waals surface area contributed by atoms with Crippen LogP contribution in [0.4, 0.5) is 4.39 Å². The summed E-state index contributed by atoms with van der Waals surface area (Å²) in [6, 6.07) is 4.16. The number of aromatic amines is 1. The van der Waals surface area contributed by atoms with Crippen molar-refractivity contribution in [3.63, 3.8) is 0 Å². The van der Waals surface area contributed by atoms with Crippen LogP contribution in [0.15, 0.2) is 16.9 Å². The predicted molar refractivity (Wildman–Crippen MR) is 72.0 cm³/mol. The Balaban J connectivity index is 2.19. The summed E-state index contributed by atoms with van der Waals surface area (Å²) in [6.45, 7) is 0. The molecule has 20 heavy (non-hydrogen) atoms. The molecule has 5 heteroatoms. The molecule has 0 saturated heterocycles. The van der Waals surface area contributed by atoms with Crippen molar-refractivity contribution in [3.8, 4) is 11.8 Å². The molecule has 2 aromatic rings. The van der Waals surface area contributed by atoms with Gasteiger partial charge in [-0.2, -0.15) is 5.26 Å². The number of H-pyrrole nitrogens is 1. The number of aryl methyl sites for hydroxylation is 1. The summed E-state index contributed by atoms with van der Waals surface area (Å²) in [6.07, 6.45) is 4.00. The van der Waals surface area contributed by atoms with Crippen molar-refractivity contribution in [2.24, 2.45) is 5.92 Å². The van der Waals surface area contributed by atoms with Crippen molar-refractivity contribution in [1.82, 2.24) is 4.98 Å². The maximum Gasteiger partial charge on any atom is 0.270 e. The van der Waals surface area contributed by atoms with Gasteiger partial charge in [0.2, 0.25) is 0 Å². The van der Waals surface area contributed by atoms with Gasteiger partial charge in [-0.1, -0.05) is 12.8 Å². The minimum absolute atomic E-state index is 0.187. The van der Waals surface area contributed by atoms with Gasteiger partial charge >= 0.3 is 0 Å². The van der Waals surface area contributed by atoms with Gasteiger partial charge in [0.05, 0.1) is 5.52 Å². The number of hydrogen-bond acceptors (Lipinski definition) is 3. The second kappa shape index (κ2) is 4.64. The molecular formula is C15H13FN2O2. The van der Waals surface area contributed by atoms with Crippen molar-refractivity contribution in [1.29, 1.82) is 5.26 Å². The van der Waals surface area contributed by atoms with Gasteiger partial charge in [0.25, 0.3) is 5.56 Å². The Morgan fingerprint density at radius 1 is 1.45 bits per heavy atom. The van der Waals surface area contributed by atoms with Gasteiger partial charge in [-0.3, -0.25) is 4.79 Å². The van der Waals surface area contributed by atoms with E-state index in [1.807, 2.05) is 0 Å². The van der Waals surface area contributed by atoms with Crippen molar-refractivity contribution >= 4 is 10.9 Å². The zero-order chi connectivity index (χ0) is 14.3. The van der Waals surface area contributed by atoms with E-state index in [1.54, 1.807) is 6.07 Å². The zero-order valence-corrected chi connectivity index (χ0v) is 10.7. The normalized spacial score (nSPS) is 14.4. The number of aromatic nitrogens is 1. The average molecular weight is 272 g/mol. The molecule has 1 aliphatic carbocycles. The molecule has 0 atom stereocenters. The maximum atomic E-state index is 13.7. The third kappa shape index (κ3) is 2.14. The second-order valence-corrected chi connectivity index (χ2v) is 5.26. The Bertz CT molecular complexity index is 785. The molecule has 102 valence electrons. The number of aromatic hydroxyl groups is 1. The molecule has 0 bridgehead atoms. The SMILES string of the molecule is N#Cc1c(O)c2cc(F)cc(CCC3CC3)c2[nH]c1=O. The van der Waals surface area contributed by atoms with E-state index in [9.17, 15) is 14.3 Å². The van der Waals surface area contributed by atoms with Crippen LogP contribution in [0.3, 0.4) is 0 Å². The van der Waals surface area contributed by atoms with Gasteiger partial charge < -0.3 is 10.1 Å². The van der Waals surface area contributed by atoms with Crippen molar-refractivity contribution in [3.05, 3.63) is 39.4 Å². The summed E-state index contributed by atoms with van der Waals surface area (Å²) in [4.78, 5) is 14.3. The highest BCUT2D eigenvalue weighted by Crippen LogP contribution is 2.35. The lowest BCUT2D eigenvalue weighted by Gasteiger charge is -2.09.